The Balaban J connectivity index is 1.89. The van der Waals surface area contributed by atoms with Gasteiger partial charge in [0.25, 0.3) is 0 Å². The van der Waals surface area contributed by atoms with Crippen molar-refractivity contribution in [1.29, 1.82) is 0 Å². The van der Waals surface area contributed by atoms with Crippen LogP contribution in [0.3, 0.4) is 0 Å². The van der Waals surface area contributed by atoms with Crippen LogP contribution in [0.1, 0.15) is 41.9 Å². The number of hydrogen-bond donors (Lipinski definition) is 3. The fraction of sp³-hybridized carbons (Fsp3) is 0.538. The van der Waals surface area contributed by atoms with Crippen molar-refractivity contribution in [1.82, 2.24) is 4.98 Å². The predicted molar refractivity (Wildman–Crippen MR) is 69.3 cm³/mol. The zero-order valence-corrected chi connectivity index (χ0v) is 10.9. The number of H-pyrrole nitrogens is 1. The minimum absolute atomic E-state index is 0.0166. The van der Waals surface area contributed by atoms with E-state index in [4.69, 9.17) is 9.84 Å². The van der Waals surface area contributed by atoms with Crippen molar-refractivity contribution < 1.29 is 19.4 Å². The first kappa shape index (κ1) is 13.6. The molecule has 2 rings (SSSR count). The molecule has 1 amide bonds. The molecule has 6 heteroatoms. The lowest BCUT2D eigenvalue weighted by Crippen LogP contribution is -2.16. The van der Waals surface area contributed by atoms with Crippen LogP contribution in [0.5, 0.6) is 0 Å². The van der Waals surface area contributed by atoms with E-state index < -0.39 is 5.97 Å². The van der Waals surface area contributed by atoms with Crippen LogP contribution in [0.4, 0.5) is 5.69 Å². The number of carbonyl (C=O) groups excluding carboxylic acids is 1. The molecule has 1 atom stereocenters. The molecule has 3 N–H and O–H groups in total. The summed E-state index contributed by atoms with van der Waals surface area (Å²) in [5.41, 5.74) is 1.04. The molecular weight excluding hydrogens is 248 g/mol. The van der Waals surface area contributed by atoms with E-state index >= 15 is 0 Å². The highest BCUT2D eigenvalue weighted by molar-refractivity contribution is 5.99. The van der Waals surface area contributed by atoms with Crippen LogP contribution in [0.15, 0.2) is 6.07 Å². The van der Waals surface area contributed by atoms with E-state index in [0.29, 0.717) is 24.2 Å². The molecule has 1 fully saturated rings. The summed E-state index contributed by atoms with van der Waals surface area (Å²) in [4.78, 5) is 25.5. The number of amides is 1. The van der Waals surface area contributed by atoms with Gasteiger partial charge in [0.05, 0.1) is 11.8 Å². The van der Waals surface area contributed by atoms with Gasteiger partial charge in [-0.2, -0.15) is 0 Å². The highest BCUT2D eigenvalue weighted by Gasteiger charge is 2.18. The summed E-state index contributed by atoms with van der Waals surface area (Å²) in [5, 5.41) is 11.6. The monoisotopic (exact) mass is 266 g/mol. The van der Waals surface area contributed by atoms with Crippen molar-refractivity contribution in [3.8, 4) is 0 Å². The third kappa shape index (κ3) is 3.57. The van der Waals surface area contributed by atoms with Crippen molar-refractivity contribution in [3.63, 3.8) is 0 Å². The molecule has 1 saturated heterocycles. The number of rotatable bonds is 5. The molecule has 104 valence electrons. The normalized spacial score (nSPS) is 18.5. The number of carboxylic acids is 1. The molecule has 1 aliphatic rings. The topological polar surface area (TPSA) is 91.4 Å². The van der Waals surface area contributed by atoms with Gasteiger partial charge in [-0.15, -0.1) is 0 Å². The van der Waals surface area contributed by atoms with Gasteiger partial charge in [0.1, 0.15) is 5.69 Å². The maximum Gasteiger partial charge on any atom is 0.354 e. The zero-order chi connectivity index (χ0) is 13.8. The molecule has 1 aromatic rings. The second kappa shape index (κ2) is 5.88. The minimum Gasteiger partial charge on any atom is -0.477 e. The molecular formula is C13H18N2O4. The standard InChI is InChI=1S/C13H18N2O4/c1-8-7-10(12(14-8)13(17)18)15-11(16)5-4-9-3-2-6-19-9/h7,9,14H,2-6H2,1H3,(H,15,16)(H,17,18). The van der Waals surface area contributed by atoms with Gasteiger partial charge in [-0.25, -0.2) is 4.79 Å². The second-order valence-electron chi connectivity index (χ2n) is 4.77. The average Bonchev–Trinajstić information content (AvgIpc) is 2.96. The molecule has 1 unspecified atom stereocenters. The molecule has 1 aliphatic heterocycles. The smallest absolute Gasteiger partial charge is 0.354 e. The minimum atomic E-state index is -1.08. The number of aromatic nitrogens is 1. The van der Waals surface area contributed by atoms with Gasteiger partial charge in [-0.3, -0.25) is 4.79 Å². The number of anilines is 1. The molecule has 2 heterocycles. The van der Waals surface area contributed by atoms with E-state index in [0.717, 1.165) is 19.4 Å². The van der Waals surface area contributed by atoms with E-state index in [1.165, 1.54) is 0 Å². The first-order valence-corrected chi connectivity index (χ1v) is 6.40. The summed E-state index contributed by atoms with van der Waals surface area (Å²) in [5.74, 6) is -1.26. The van der Waals surface area contributed by atoms with Gasteiger partial charge in [0.2, 0.25) is 5.91 Å². The molecule has 0 aromatic carbocycles. The number of ether oxygens (including phenoxy) is 1. The van der Waals surface area contributed by atoms with Gasteiger partial charge in [-0.05, 0) is 32.3 Å². The van der Waals surface area contributed by atoms with Gasteiger partial charge in [-0.1, -0.05) is 0 Å². The number of carbonyl (C=O) groups is 2. The Hall–Kier alpha value is -1.82. The van der Waals surface area contributed by atoms with Crippen molar-refractivity contribution in [2.45, 2.75) is 38.7 Å². The number of aryl methyl sites for hydroxylation is 1. The number of carboxylic acid groups (broad SMARTS) is 1. The first-order valence-electron chi connectivity index (χ1n) is 6.40. The molecule has 0 bridgehead atoms. The summed E-state index contributed by atoms with van der Waals surface area (Å²) < 4.78 is 5.44. The Morgan fingerprint density at radius 2 is 2.37 bits per heavy atom. The molecule has 19 heavy (non-hydrogen) atoms. The largest absolute Gasteiger partial charge is 0.477 e. The van der Waals surface area contributed by atoms with Crippen LogP contribution >= 0.6 is 0 Å². The Kier molecular flexibility index (Phi) is 4.21. The lowest BCUT2D eigenvalue weighted by molar-refractivity contribution is -0.116. The Morgan fingerprint density at radius 3 is 3.00 bits per heavy atom. The van der Waals surface area contributed by atoms with E-state index in [-0.39, 0.29) is 17.7 Å². The molecule has 0 aliphatic carbocycles. The Labute approximate surface area is 111 Å². The summed E-state index contributed by atoms with van der Waals surface area (Å²) in [7, 11) is 0. The van der Waals surface area contributed by atoms with Crippen LogP contribution in [0.25, 0.3) is 0 Å². The van der Waals surface area contributed by atoms with Crippen molar-refractivity contribution in [2.24, 2.45) is 0 Å². The Bertz CT molecular complexity index is 475. The average molecular weight is 266 g/mol. The first-order chi connectivity index (χ1) is 9.06. The Morgan fingerprint density at radius 1 is 1.58 bits per heavy atom. The van der Waals surface area contributed by atoms with Crippen LogP contribution in [0.2, 0.25) is 0 Å². The van der Waals surface area contributed by atoms with Gasteiger partial charge >= 0.3 is 5.97 Å². The predicted octanol–water partition coefficient (Wildman–Crippen LogP) is 1.92. The van der Waals surface area contributed by atoms with E-state index in [1.54, 1.807) is 13.0 Å². The molecule has 0 spiro atoms. The third-order valence-electron chi connectivity index (χ3n) is 3.16. The summed E-state index contributed by atoms with van der Waals surface area (Å²) in [6.45, 7) is 2.51. The fourth-order valence-corrected chi connectivity index (χ4v) is 2.23. The lowest BCUT2D eigenvalue weighted by atomic mass is 10.1. The quantitative estimate of drug-likeness (QED) is 0.759. The number of hydrogen-bond acceptors (Lipinski definition) is 3. The zero-order valence-electron chi connectivity index (χ0n) is 10.9. The molecule has 6 nitrogen and oxygen atoms in total. The van der Waals surface area contributed by atoms with Crippen molar-refractivity contribution >= 4 is 17.6 Å². The summed E-state index contributed by atoms with van der Waals surface area (Å²) >= 11 is 0. The van der Waals surface area contributed by atoms with Crippen LogP contribution < -0.4 is 5.32 Å². The van der Waals surface area contributed by atoms with Crippen molar-refractivity contribution in [2.75, 3.05) is 11.9 Å². The second-order valence-corrected chi connectivity index (χ2v) is 4.77. The van der Waals surface area contributed by atoms with E-state index in [2.05, 4.69) is 10.3 Å². The summed E-state index contributed by atoms with van der Waals surface area (Å²) in [6.07, 6.45) is 3.23. The van der Waals surface area contributed by atoms with Gasteiger partial charge in [0, 0.05) is 18.7 Å². The third-order valence-corrected chi connectivity index (χ3v) is 3.16. The molecule has 1 aromatic heterocycles. The highest BCUT2D eigenvalue weighted by atomic mass is 16.5. The fourth-order valence-electron chi connectivity index (χ4n) is 2.23. The van der Waals surface area contributed by atoms with Gasteiger partial charge < -0.3 is 20.1 Å². The number of nitrogens with one attached hydrogen (secondary N) is 2. The van der Waals surface area contributed by atoms with E-state index in [1.807, 2.05) is 0 Å². The SMILES string of the molecule is Cc1cc(NC(=O)CCC2CCCO2)c(C(=O)O)[nH]1. The van der Waals surface area contributed by atoms with E-state index in [9.17, 15) is 9.59 Å². The van der Waals surface area contributed by atoms with Crippen LogP contribution in [-0.2, 0) is 9.53 Å². The lowest BCUT2D eigenvalue weighted by Gasteiger charge is -2.09. The molecule has 0 radical (unpaired) electrons. The van der Waals surface area contributed by atoms with Crippen molar-refractivity contribution in [3.05, 3.63) is 17.5 Å². The van der Waals surface area contributed by atoms with Crippen LogP contribution in [-0.4, -0.2) is 34.7 Å². The van der Waals surface area contributed by atoms with Crippen LogP contribution in [0, 0.1) is 6.92 Å². The van der Waals surface area contributed by atoms with Gasteiger partial charge in [0.15, 0.2) is 0 Å². The number of aromatic amines is 1. The maximum absolute atomic E-state index is 11.8. The molecule has 0 saturated carbocycles. The number of aromatic carboxylic acids is 1. The summed E-state index contributed by atoms with van der Waals surface area (Å²) in [6, 6.07) is 1.62. The maximum atomic E-state index is 11.8. The highest BCUT2D eigenvalue weighted by Crippen LogP contribution is 2.19.